The number of hydrogen-bond donors (Lipinski definition) is 1. The van der Waals surface area contributed by atoms with Gasteiger partial charge in [-0.15, -0.1) is 0 Å². The lowest BCUT2D eigenvalue weighted by atomic mass is 9.92. The number of nitriles is 1. The topological polar surface area (TPSA) is 95.2 Å². The monoisotopic (exact) mass is 203 g/mol. The zero-order valence-corrected chi connectivity index (χ0v) is 7.62. The number of rotatable bonds is 1. The first kappa shape index (κ1) is 9.99. The van der Waals surface area contributed by atoms with Gasteiger partial charge in [0, 0.05) is 0 Å². The largest absolute Gasteiger partial charge is 0.481 e. The number of hydrogen-bond acceptors (Lipinski definition) is 4. The summed E-state index contributed by atoms with van der Waals surface area (Å²) in [6, 6.07) is 1.73. The van der Waals surface area contributed by atoms with E-state index < -0.39 is 27.6 Å². The Hall–Kier alpha value is -1.09. The Bertz CT molecular complexity index is 353. The van der Waals surface area contributed by atoms with Crippen LogP contribution in [0.4, 0.5) is 0 Å². The van der Waals surface area contributed by atoms with Crippen LogP contribution < -0.4 is 0 Å². The Labute approximate surface area is 75.9 Å². The molecule has 1 aliphatic rings. The average molecular weight is 203 g/mol. The second kappa shape index (κ2) is 3.34. The van der Waals surface area contributed by atoms with Crippen LogP contribution in [0.3, 0.4) is 0 Å². The highest BCUT2D eigenvalue weighted by Crippen LogP contribution is 2.24. The highest BCUT2D eigenvalue weighted by molar-refractivity contribution is 7.91. The summed E-state index contributed by atoms with van der Waals surface area (Å²) in [4.78, 5) is 10.6. The number of sulfone groups is 1. The van der Waals surface area contributed by atoms with Crippen molar-refractivity contribution in [3.8, 4) is 6.07 Å². The van der Waals surface area contributed by atoms with Crippen molar-refractivity contribution in [2.24, 2.45) is 11.8 Å². The van der Waals surface area contributed by atoms with E-state index in [4.69, 9.17) is 10.4 Å². The van der Waals surface area contributed by atoms with Gasteiger partial charge in [-0.1, -0.05) is 0 Å². The lowest BCUT2D eigenvalue weighted by Gasteiger charge is -2.22. The summed E-state index contributed by atoms with van der Waals surface area (Å²) in [6.45, 7) is 0. The maximum atomic E-state index is 11.0. The standard InChI is InChI=1S/C7H9NO4S/c8-3-5-4-13(11,12)2-1-6(5)7(9)10/h5-6H,1-2,4H2,(H,9,10)/t5-,6-/m1/s1. The number of aliphatic carboxylic acids is 1. The minimum Gasteiger partial charge on any atom is -0.481 e. The third-order valence-corrected chi connectivity index (χ3v) is 3.87. The van der Waals surface area contributed by atoms with E-state index in [9.17, 15) is 13.2 Å². The summed E-state index contributed by atoms with van der Waals surface area (Å²) in [5.41, 5.74) is 0. The summed E-state index contributed by atoms with van der Waals surface area (Å²) in [6.07, 6.45) is 0.0515. The van der Waals surface area contributed by atoms with Gasteiger partial charge in [0.25, 0.3) is 0 Å². The van der Waals surface area contributed by atoms with E-state index in [1.54, 1.807) is 6.07 Å². The first-order valence-electron chi connectivity index (χ1n) is 3.79. The van der Waals surface area contributed by atoms with Crippen LogP contribution in [0.2, 0.25) is 0 Å². The summed E-state index contributed by atoms with van der Waals surface area (Å²) in [5.74, 6) is -3.24. The normalized spacial score (nSPS) is 31.9. The van der Waals surface area contributed by atoms with Crippen molar-refractivity contribution in [3.63, 3.8) is 0 Å². The average Bonchev–Trinajstić information content (AvgIpc) is 2.01. The molecular weight excluding hydrogens is 194 g/mol. The zero-order valence-electron chi connectivity index (χ0n) is 6.80. The summed E-state index contributed by atoms with van der Waals surface area (Å²) in [5, 5.41) is 17.2. The van der Waals surface area contributed by atoms with Gasteiger partial charge in [-0.05, 0) is 6.42 Å². The van der Waals surface area contributed by atoms with Crippen LogP contribution in [0.15, 0.2) is 0 Å². The van der Waals surface area contributed by atoms with E-state index in [0.29, 0.717) is 0 Å². The molecule has 1 rings (SSSR count). The van der Waals surface area contributed by atoms with Crippen LogP contribution in [-0.2, 0) is 14.6 Å². The second-order valence-electron chi connectivity index (χ2n) is 3.08. The fourth-order valence-electron chi connectivity index (χ4n) is 1.40. The van der Waals surface area contributed by atoms with Crippen LogP contribution in [0.1, 0.15) is 6.42 Å². The lowest BCUT2D eigenvalue weighted by molar-refractivity contribution is -0.142. The van der Waals surface area contributed by atoms with Crippen LogP contribution in [0.25, 0.3) is 0 Å². The van der Waals surface area contributed by atoms with Gasteiger partial charge in [0.15, 0.2) is 9.84 Å². The molecule has 13 heavy (non-hydrogen) atoms. The Morgan fingerprint density at radius 3 is 2.62 bits per heavy atom. The predicted molar refractivity (Wildman–Crippen MR) is 43.5 cm³/mol. The molecule has 0 bridgehead atoms. The van der Waals surface area contributed by atoms with E-state index in [1.165, 1.54) is 0 Å². The molecule has 0 aromatic rings. The highest BCUT2D eigenvalue weighted by Gasteiger charge is 2.37. The molecule has 0 spiro atoms. The van der Waals surface area contributed by atoms with E-state index >= 15 is 0 Å². The van der Waals surface area contributed by atoms with Crippen LogP contribution in [-0.4, -0.2) is 31.0 Å². The quantitative estimate of drug-likeness (QED) is 0.628. The molecule has 1 saturated heterocycles. The molecule has 0 amide bonds. The fourth-order valence-corrected chi connectivity index (χ4v) is 3.04. The van der Waals surface area contributed by atoms with E-state index in [1.807, 2.05) is 0 Å². The molecule has 72 valence electrons. The van der Waals surface area contributed by atoms with Gasteiger partial charge in [-0.3, -0.25) is 4.79 Å². The molecule has 6 heteroatoms. The molecule has 0 radical (unpaired) electrons. The van der Waals surface area contributed by atoms with Gasteiger partial charge in [-0.2, -0.15) is 5.26 Å². The maximum Gasteiger partial charge on any atom is 0.307 e. The number of carbonyl (C=O) groups is 1. The molecule has 2 atom stereocenters. The molecule has 1 aliphatic heterocycles. The molecular formula is C7H9NO4S. The molecule has 0 aromatic heterocycles. The van der Waals surface area contributed by atoms with Crippen LogP contribution in [0, 0.1) is 23.2 Å². The zero-order chi connectivity index (χ0) is 10.1. The first-order valence-corrected chi connectivity index (χ1v) is 5.61. The highest BCUT2D eigenvalue weighted by atomic mass is 32.2. The third-order valence-electron chi connectivity index (χ3n) is 2.14. The molecule has 0 aliphatic carbocycles. The van der Waals surface area contributed by atoms with Crippen molar-refractivity contribution < 1.29 is 18.3 Å². The number of carboxylic acid groups (broad SMARTS) is 1. The molecule has 1 heterocycles. The van der Waals surface area contributed by atoms with Crippen molar-refractivity contribution in [1.29, 1.82) is 5.26 Å². The number of nitrogens with zero attached hydrogens (tertiary/aromatic N) is 1. The number of carboxylic acids is 1. The van der Waals surface area contributed by atoms with Gasteiger partial charge in [0.05, 0.1) is 29.4 Å². The Balaban J connectivity index is 2.85. The molecule has 1 N–H and O–H groups in total. The summed E-state index contributed by atoms with van der Waals surface area (Å²) >= 11 is 0. The Morgan fingerprint density at radius 1 is 1.54 bits per heavy atom. The van der Waals surface area contributed by atoms with Crippen molar-refractivity contribution in [1.82, 2.24) is 0 Å². The molecule has 1 fully saturated rings. The van der Waals surface area contributed by atoms with Crippen molar-refractivity contribution in [3.05, 3.63) is 0 Å². The maximum absolute atomic E-state index is 11.0. The SMILES string of the molecule is N#C[C@@H]1CS(=O)(=O)CC[C@H]1C(=O)O. The Kier molecular flexibility index (Phi) is 2.57. The van der Waals surface area contributed by atoms with Gasteiger partial charge < -0.3 is 5.11 Å². The van der Waals surface area contributed by atoms with E-state index in [-0.39, 0.29) is 17.9 Å². The fraction of sp³-hybridized carbons (Fsp3) is 0.714. The smallest absolute Gasteiger partial charge is 0.307 e. The van der Waals surface area contributed by atoms with Crippen LogP contribution >= 0.6 is 0 Å². The lowest BCUT2D eigenvalue weighted by Crippen LogP contribution is -2.36. The van der Waals surface area contributed by atoms with E-state index in [2.05, 4.69) is 0 Å². The molecule has 0 unspecified atom stereocenters. The molecule has 5 nitrogen and oxygen atoms in total. The van der Waals surface area contributed by atoms with Crippen LogP contribution in [0.5, 0.6) is 0 Å². The Morgan fingerprint density at radius 2 is 2.15 bits per heavy atom. The molecule has 0 aromatic carbocycles. The molecule has 0 saturated carbocycles. The third kappa shape index (κ3) is 2.18. The summed E-state index contributed by atoms with van der Waals surface area (Å²) < 4.78 is 22.1. The van der Waals surface area contributed by atoms with Gasteiger partial charge in [0.1, 0.15) is 0 Å². The predicted octanol–water partition coefficient (Wildman–Crippen LogP) is -0.355. The minimum absolute atomic E-state index is 0.0515. The summed E-state index contributed by atoms with van der Waals surface area (Å²) in [7, 11) is -3.20. The first-order chi connectivity index (χ1) is 5.96. The van der Waals surface area contributed by atoms with Gasteiger partial charge >= 0.3 is 5.97 Å². The van der Waals surface area contributed by atoms with E-state index in [0.717, 1.165) is 0 Å². The van der Waals surface area contributed by atoms with Gasteiger partial charge in [-0.25, -0.2) is 8.42 Å². The second-order valence-corrected chi connectivity index (χ2v) is 5.31. The van der Waals surface area contributed by atoms with Gasteiger partial charge in [0.2, 0.25) is 0 Å². The van der Waals surface area contributed by atoms with Crippen molar-refractivity contribution in [2.75, 3.05) is 11.5 Å². The van der Waals surface area contributed by atoms with Crippen molar-refractivity contribution >= 4 is 15.8 Å². The van der Waals surface area contributed by atoms with Crippen molar-refractivity contribution in [2.45, 2.75) is 6.42 Å². The minimum atomic E-state index is -3.20.